The Hall–Kier alpha value is -0.0800. The number of hydrogen-bond acceptors (Lipinski definition) is 2. The normalized spacial score (nSPS) is 26.3. The molecule has 0 unspecified atom stereocenters. The van der Waals surface area contributed by atoms with Crippen LogP contribution in [-0.4, -0.2) is 24.4 Å². The highest BCUT2D eigenvalue weighted by atomic mass is 16.5. The fourth-order valence-corrected chi connectivity index (χ4v) is 1.28. The van der Waals surface area contributed by atoms with Gasteiger partial charge in [-0.3, -0.25) is 0 Å². The van der Waals surface area contributed by atoms with Crippen molar-refractivity contribution in [3.63, 3.8) is 0 Å². The maximum Gasteiger partial charge on any atom is 0.0573 e. The summed E-state index contributed by atoms with van der Waals surface area (Å²) in [5.41, 5.74) is 0. The first-order valence-corrected chi connectivity index (χ1v) is 5.54. The molecular weight excluding hydrogens is 164 g/mol. The van der Waals surface area contributed by atoms with Crippen LogP contribution in [0.1, 0.15) is 53.4 Å². The van der Waals surface area contributed by atoms with Crippen LogP contribution in [0.15, 0.2) is 0 Å². The van der Waals surface area contributed by atoms with Gasteiger partial charge >= 0.3 is 0 Å². The molecule has 1 fully saturated rings. The monoisotopic (exact) mass is 190 g/mol. The van der Waals surface area contributed by atoms with Gasteiger partial charge in [0.25, 0.3) is 0 Å². The van der Waals surface area contributed by atoms with Gasteiger partial charge in [0.05, 0.1) is 12.2 Å². The van der Waals surface area contributed by atoms with Gasteiger partial charge in [-0.05, 0) is 25.7 Å². The Morgan fingerprint density at radius 1 is 0.923 bits per heavy atom. The Balaban J connectivity index is 0. The Bertz CT molecular complexity index is 76.2. The van der Waals surface area contributed by atoms with Gasteiger partial charge in [0.2, 0.25) is 0 Å². The third-order valence-electron chi connectivity index (χ3n) is 1.98. The minimum atomic E-state index is -0.0589. The molecule has 1 rings (SSSR count). The van der Waals surface area contributed by atoms with Crippen LogP contribution in [0.2, 0.25) is 0 Å². The first kappa shape index (κ1) is 15.4. The van der Waals surface area contributed by atoms with E-state index in [1.807, 2.05) is 27.7 Å². The van der Waals surface area contributed by atoms with E-state index in [0.717, 1.165) is 25.7 Å². The van der Waals surface area contributed by atoms with E-state index < -0.39 is 0 Å². The standard InChI is InChI=1S/C7H14O2.2C2H6/c1-9-7-4-2-6(8)3-5-7;2*1-2/h6-8H,2-5H2,1H3;2*1-2H3. The number of ether oxygens (including phenoxy) is 1. The van der Waals surface area contributed by atoms with Gasteiger partial charge in [-0.1, -0.05) is 27.7 Å². The summed E-state index contributed by atoms with van der Waals surface area (Å²) in [6, 6.07) is 0. The van der Waals surface area contributed by atoms with Crippen molar-refractivity contribution in [2.45, 2.75) is 65.6 Å². The molecule has 1 aliphatic rings. The Kier molecular flexibility index (Phi) is 14.1. The number of rotatable bonds is 1. The zero-order chi connectivity index (χ0) is 10.7. The Morgan fingerprint density at radius 3 is 1.62 bits per heavy atom. The molecule has 1 saturated carbocycles. The van der Waals surface area contributed by atoms with Gasteiger partial charge in [-0.25, -0.2) is 0 Å². The largest absolute Gasteiger partial charge is 0.393 e. The van der Waals surface area contributed by atoms with Crippen molar-refractivity contribution < 1.29 is 9.84 Å². The third-order valence-corrected chi connectivity index (χ3v) is 1.98. The number of aliphatic hydroxyl groups is 1. The molecule has 0 heterocycles. The molecule has 0 atom stereocenters. The van der Waals surface area contributed by atoms with Crippen LogP contribution in [0.25, 0.3) is 0 Å². The minimum Gasteiger partial charge on any atom is -0.393 e. The van der Waals surface area contributed by atoms with E-state index in [1.165, 1.54) is 0 Å². The number of aliphatic hydroxyl groups excluding tert-OH is 1. The molecule has 1 aliphatic carbocycles. The third kappa shape index (κ3) is 8.26. The van der Waals surface area contributed by atoms with Crippen molar-refractivity contribution in [1.82, 2.24) is 0 Å². The van der Waals surface area contributed by atoms with E-state index in [0.29, 0.717) is 6.10 Å². The molecule has 0 aromatic heterocycles. The highest BCUT2D eigenvalue weighted by Crippen LogP contribution is 2.19. The molecule has 0 aromatic carbocycles. The van der Waals surface area contributed by atoms with Crippen molar-refractivity contribution >= 4 is 0 Å². The second-order valence-electron chi connectivity index (χ2n) is 2.67. The summed E-state index contributed by atoms with van der Waals surface area (Å²) in [7, 11) is 1.74. The fourth-order valence-electron chi connectivity index (χ4n) is 1.28. The molecule has 2 nitrogen and oxygen atoms in total. The summed E-state index contributed by atoms with van der Waals surface area (Å²) in [6.07, 6.45) is 4.23. The second-order valence-corrected chi connectivity index (χ2v) is 2.67. The molecular formula is C11H26O2. The first-order chi connectivity index (χ1) is 6.33. The molecule has 0 aliphatic heterocycles. The van der Waals surface area contributed by atoms with E-state index in [9.17, 15) is 0 Å². The summed E-state index contributed by atoms with van der Waals surface area (Å²) in [5, 5.41) is 9.07. The summed E-state index contributed by atoms with van der Waals surface area (Å²) >= 11 is 0. The predicted molar refractivity (Wildman–Crippen MR) is 58.0 cm³/mol. The summed E-state index contributed by atoms with van der Waals surface area (Å²) in [6.45, 7) is 8.00. The van der Waals surface area contributed by atoms with Gasteiger partial charge in [0.1, 0.15) is 0 Å². The Morgan fingerprint density at radius 2 is 1.31 bits per heavy atom. The van der Waals surface area contributed by atoms with Gasteiger partial charge in [0.15, 0.2) is 0 Å². The quantitative estimate of drug-likeness (QED) is 0.689. The van der Waals surface area contributed by atoms with Crippen LogP contribution in [-0.2, 0) is 4.74 Å². The van der Waals surface area contributed by atoms with E-state index in [1.54, 1.807) is 7.11 Å². The molecule has 0 aromatic rings. The second kappa shape index (κ2) is 11.9. The number of methoxy groups -OCH3 is 1. The average molecular weight is 190 g/mol. The lowest BCUT2D eigenvalue weighted by Gasteiger charge is -2.23. The summed E-state index contributed by atoms with van der Waals surface area (Å²) in [4.78, 5) is 0. The molecule has 0 spiro atoms. The van der Waals surface area contributed by atoms with Gasteiger partial charge in [-0.15, -0.1) is 0 Å². The smallest absolute Gasteiger partial charge is 0.0573 e. The maximum atomic E-state index is 9.07. The summed E-state index contributed by atoms with van der Waals surface area (Å²) in [5.74, 6) is 0. The van der Waals surface area contributed by atoms with E-state index in [4.69, 9.17) is 9.84 Å². The molecule has 0 amide bonds. The van der Waals surface area contributed by atoms with Crippen molar-refractivity contribution in [2.24, 2.45) is 0 Å². The van der Waals surface area contributed by atoms with Crippen LogP contribution in [0.4, 0.5) is 0 Å². The minimum absolute atomic E-state index is 0.0589. The first-order valence-electron chi connectivity index (χ1n) is 5.54. The van der Waals surface area contributed by atoms with Crippen LogP contribution < -0.4 is 0 Å². The molecule has 0 saturated heterocycles. The summed E-state index contributed by atoms with van der Waals surface area (Å²) < 4.78 is 5.13. The topological polar surface area (TPSA) is 29.5 Å². The highest BCUT2D eigenvalue weighted by molar-refractivity contribution is 4.70. The van der Waals surface area contributed by atoms with Crippen LogP contribution in [0, 0.1) is 0 Å². The van der Waals surface area contributed by atoms with Gasteiger partial charge in [0, 0.05) is 7.11 Å². The average Bonchev–Trinajstić information content (AvgIpc) is 2.25. The molecule has 2 heteroatoms. The molecule has 1 N–H and O–H groups in total. The lowest BCUT2D eigenvalue weighted by molar-refractivity contribution is 0.0244. The molecule has 13 heavy (non-hydrogen) atoms. The molecule has 82 valence electrons. The lowest BCUT2D eigenvalue weighted by Crippen LogP contribution is -2.22. The zero-order valence-electron chi connectivity index (χ0n) is 9.84. The van der Waals surface area contributed by atoms with Crippen molar-refractivity contribution in [3.8, 4) is 0 Å². The van der Waals surface area contributed by atoms with E-state index in [-0.39, 0.29) is 6.10 Å². The van der Waals surface area contributed by atoms with Gasteiger partial charge in [-0.2, -0.15) is 0 Å². The van der Waals surface area contributed by atoms with Crippen LogP contribution in [0.5, 0.6) is 0 Å². The van der Waals surface area contributed by atoms with Crippen LogP contribution >= 0.6 is 0 Å². The zero-order valence-corrected chi connectivity index (χ0v) is 9.84. The van der Waals surface area contributed by atoms with Gasteiger partial charge < -0.3 is 9.84 Å². The van der Waals surface area contributed by atoms with Crippen LogP contribution in [0.3, 0.4) is 0 Å². The maximum absolute atomic E-state index is 9.07. The predicted octanol–water partition coefficient (Wildman–Crippen LogP) is 2.99. The van der Waals surface area contributed by atoms with Crippen molar-refractivity contribution in [3.05, 3.63) is 0 Å². The highest BCUT2D eigenvalue weighted by Gasteiger charge is 2.17. The van der Waals surface area contributed by atoms with Crippen molar-refractivity contribution in [2.75, 3.05) is 7.11 Å². The molecule has 0 radical (unpaired) electrons. The molecule has 0 bridgehead atoms. The fraction of sp³-hybridized carbons (Fsp3) is 1.00. The van der Waals surface area contributed by atoms with Crippen molar-refractivity contribution in [1.29, 1.82) is 0 Å². The van der Waals surface area contributed by atoms with E-state index >= 15 is 0 Å². The lowest BCUT2D eigenvalue weighted by atomic mass is 9.95. The van der Waals surface area contributed by atoms with E-state index in [2.05, 4.69) is 0 Å². The number of hydrogen-bond donors (Lipinski definition) is 1. The SMILES string of the molecule is CC.CC.COC1CCC(O)CC1. The Labute approximate surface area is 83.3 Å².